The molecule has 0 saturated heterocycles. The van der Waals surface area contributed by atoms with Crippen LogP contribution >= 0.6 is 0 Å². The van der Waals surface area contributed by atoms with Crippen LogP contribution in [0, 0.1) is 17.7 Å². The van der Waals surface area contributed by atoms with Gasteiger partial charge in [0.05, 0.1) is 30.5 Å². The zero-order valence-corrected chi connectivity index (χ0v) is 23.2. The Morgan fingerprint density at radius 2 is 1.62 bits per heavy atom. The van der Waals surface area contributed by atoms with Gasteiger partial charge >= 0.3 is 5.97 Å². The number of ether oxygens (including phenoxy) is 1. The van der Waals surface area contributed by atoms with E-state index in [1.54, 1.807) is 31.2 Å². The summed E-state index contributed by atoms with van der Waals surface area (Å²) in [5, 5.41) is 15.3. The first kappa shape index (κ1) is 32.4. The van der Waals surface area contributed by atoms with Crippen LogP contribution in [0.25, 0.3) is 0 Å². The molecule has 0 fully saturated rings. The number of hydrogen-bond acceptors (Lipinski definition) is 5. The van der Waals surface area contributed by atoms with Gasteiger partial charge in [0.2, 0.25) is 11.8 Å². The van der Waals surface area contributed by atoms with Crippen LogP contribution in [0.3, 0.4) is 0 Å². The van der Waals surface area contributed by atoms with Crippen molar-refractivity contribution < 1.29 is 28.6 Å². The van der Waals surface area contributed by atoms with Gasteiger partial charge < -0.3 is 20.5 Å². The second-order valence-electron chi connectivity index (χ2n) is 10.00. The predicted molar refractivity (Wildman–Crippen MR) is 154 cm³/mol. The van der Waals surface area contributed by atoms with Crippen molar-refractivity contribution in [1.29, 1.82) is 0 Å². The molecule has 3 N–H and O–H groups in total. The summed E-state index contributed by atoms with van der Waals surface area (Å²) in [4.78, 5) is 38.5. The van der Waals surface area contributed by atoms with Crippen molar-refractivity contribution in [1.82, 2.24) is 10.6 Å². The zero-order valence-electron chi connectivity index (χ0n) is 23.2. The number of carbonyl (C=O) groups is 3. The molecule has 0 aliphatic heterocycles. The second-order valence-corrected chi connectivity index (χ2v) is 10.00. The van der Waals surface area contributed by atoms with E-state index in [0.717, 1.165) is 11.1 Å². The monoisotopic (exact) mass is 552 g/mol. The molecule has 4 atom stereocenters. The standard InChI is InChI=1S/C32H41FN2O5/c1-4-6-13-27(18-25-14-16-28(33)17-15-25)32(39)40-22-23(3)34-31(38)26(10-5-2)20-30(37)35-29(21-36)19-24-11-8-7-9-12-24/h4-5,7-9,11-12,14-17,23,26-27,29,36H,1-2,6,10,13,18-22H2,3H3,(H,34,38)(H,35,37)/t23-,26-,27+,29-/m0/s1. The minimum Gasteiger partial charge on any atom is -0.463 e. The van der Waals surface area contributed by atoms with Gasteiger partial charge in [-0.1, -0.05) is 54.6 Å². The minimum atomic E-state index is -0.662. The van der Waals surface area contributed by atoms with Crippen LogP contribution in [0.15, 0.2) is 79.9 Å². The molecular formula is C32H41FN2O5. The Bertz CT molecular complexity index is 1090. The molecule has 40 heavy (non-hydrogen) atoms. The highest BCUT2D eigenvalue weighted by atomic mass is 19.1. The van der Waals surface area contributed by atoms with Crippen molar-refractivity contribution in [3.8, 4) is 0 Å². The van der Waals surface area contributed by atoms with E-state index in [2.05, 4.69) is 23.8 Å². The second kappa shape index (κ2) is 17.7. The minimum absolute atomic E-state index is 0.0325. The van der Waals surface area contributed by atoms with Gasteiger partial charge in [-0.15, -0.1) is 13.2 Å². The number of benzene rings is 2. The van der Waals surface area contributed by atoms with Gasteiger partial charge in [0.1, 0.15) is 12.4 Å². The number of nitrogens with one attached hydrogen (secondary N) is 2. The number of aliphatic hydroxyl groups excluding tert-OH is 1. The fourth-order valence-electron chi connectivity index (χ4n) is 4.31. The molecule has 0 aromatic heterocycles. The maximum Gasteiger partial charge on any atom is 0.309 e. The lowest BCUT2D eigenvalue weighted by molar-refractivity contribution is -0.150. The third-order valence-electron chi connectivity index (χ3n) is 6.48. The first-order valence-corrected chi connectivity index (χ1v) is 13.6. The number of esters is 1. The maximum atomic E-state index is 13.2. The lowest BCUT2D eigenvalue weighted by Crippen LogP contribution is -2.44. The Hall–Kier alpha value is -3.78. The number of aliphatic hydroxyl groups is 1. The van der Waals surface area contributed by atoms with E-state index in [1.807, 2.05) is 30.3 Å². The lowest BCUT2D eigenvalue weighted by Gasteiger charge is -2.22. The van der Waals surface area contributed by atoms with Crippen LogP contribution in [0.4, 0.5) is 4.39 Å². The summed E-state index contributed by atoms with van der Waals surface area (Å²) in [6.45, 7) is 8.87. The van der Waals surface area contributed by atoms with E-state index in [-0.39, 0.29) is 43.7 Å². The molecule has 0 radical (unpaired) electrons. The van der Waals surface area contributed by atoms with Crippen molar-refractivity contribution in [2.45, 2.75) is 57.5 Å². The number of amides is 2. The largest absolute Gasteiger partial charge is 0.463 e. The molecule has 216 valence electrons. The van der Waals surface area contributed by atoms with Gasteiger partial charge in [0.15, 0.2) is 0 Å². The Balaban J connectivity index is 1.88. The Morgan fingerprint density at radius 1 is 0.950 bits per heavy atom. The van der Waals surface area contributed by atoms with Crippen molar-refractivity contribution in [3.05, 3.63) is 96.9 Å². The molecule has 0 spiro atoms. The summed E-state index contributed by atoms with van der Waals surface area (Å²) in [5.41, 5.74) is 1.81. The molecule has 0 bridgehead atoms. The Morgan fingerprint density at radius 3 is 2.25 bits per heavy atom. The van der Waals surface area contributed by atoms with Gasteiger partial charge in [-0.25, -0.2) is 4.39 Å². The molecule has 7 nitrogen and oxygen atoms in total. The van der Waals surface area contributed by atoms with Crippen molar-refractivity contribution >= 4 is 17.8 Å². The van der Waals surface area contributed by atoms with Crippen molar-refractivity contribution in [2.75, 3.05) is 13.2 Å². The molecule has 0 aliphatic carbocycles. The number of rotatable bonds is 18. The van der Waals surface area contributed by atoms with Gasteiger partial charge in [0.25, 0.3) is 0 Å². The molecule has 2 rings (SSSR count). The molecule has 0 aliphatic rings. The van der Waals surface area contributed by atoms with Crippen LogP contribution in [0.2, 0.25) is 0 Å². The normalized spacial score (nSPS) is 13.8. The van der Waals surface area contributed by atoms with Crippen LogP contribution < -0.4 is 10.6 Å². The number of carbonyl (C=O) groups excluding carboxylic acids is 3. The Kier molecular flexibility index (Phi) is 14.4. The quantitative estimate of drug-likeness (QED) is 0.189. The fourth-order valence-corrected chi connectivity index (χ4v) is 4.31. The summed E-state index contributed by atoms with van der Waals surface area (Å²) in [5.74, 6) is -2.53. The molecule has 2 aromatic carbocycles. The average molecular weight is 553 g/mol. The summed E-state index contributed by atoms with van der Waals surface area (Å²) in [7, 11) is 0. The highest BCUT2D eigenvalue weighted by molar-refractivity contribution is 5.86. The average Bonchev–Trinajstić information content (AvgIpc) is 2.94. The van der Waals surface area contributed by atoms with Gasteiger partial charge in [-0.3, -0.25) is 14.4 Å². The van der Waals surface area contributed by atoms with Gasteiger partial charge in [-0.2, -0.15) is 0 Å². The number of hydrogen-bond donors (Lipinski definition) is 3. The molecule has 8 heteroatoms. The smallest absolute Gasteiger partial charge is 0.309 e. The van der Waals surface area contributed by atoms with Crippen LogP contribution in [-0.2, 0) is 32.0 Å². The first-order valence-electron chi connectivity index (χ1n) is 13.6. The predicted octanol–water partition coefficient (Wildman–Crippen LogP) is 4.30. The molecule has 0 saturated carbocycles. The third kappa shape index (κ3) is 11.9. The van der Waals surface area contributed by atoms with Crippen LogP contribution in [-0.4, -0.2) is 48.2 Å². The summed E-state index contributed by atoms with van der Waals surface area (Å²) in [6.07, 6.45) is 5.56. The summed E-state index contributed by atoms with van der Waals surface area (Å²) < 4.78 is 18.8. The van der Waals surface area contributed by atoms with E-state index in [9.17, 15) is 23.9 Å². The number of halogens is 1. The fraction of sp³-hybridized carbons (Fsp3) is 0.406. The number of allylic oxidation sites excluding steroid dienone is 2. The van der Waals surface area contributed by atoms with Crippen LogP contribution in [0.5, 0.6) is 0 Å². The molecule has 0 unspecified atom stereocenters. The van der Waals surface area contributed by atoms with Crippen molar-refractivity contribution in [3.63, 3.8) is 0 Å². The first-order chi connectivity index (χ1) is 19.2. The Labute approximate surface area is 236 Å². The molecule has 2 amide bonds. The molecule has 0 heterocycles. The van der Waals surface area contributed by atoms with E-state index >= 15 is 0 Å². The lowest BCUT2D eigenvalue weighted by atomic mass is 9.95. The summed E-state index contributed by atoms with van der Waals surface area (Å²) >= 11 is 0. The topological polar surface area (TPSA) is 105 Å². The van der Waals surface area contributed by atoms with Gasteiger partial charge in [0, 0.05) is 6.42 Å². The molecular weight excluding hydrogens is 511 g/mol. The van der Waals surface area contributed by atoms with E-state index in [4.69, 9.17) is 4.74 Å². The maximum absolute atomic E-state index is 13.2. The van der Waals surface area contributed by atoms with Gasteiger partial charge in [-0.05, 0) is 62.3 Å². The van der Waals surface area contributed by atoms with Crippen molar-refractivity contribution in [2.24, 2.45) is 11.8 Å². The highest BCUT2D eigenvalue weighted by Crippen LogP contribution is 2.18. The van der Waals surface area contributed by atoms with E-state index in [1.165, 1.54) is 12.1 Å². The third-order valence-corrected chi connectivity index (χ3v) is 6.48. The summed E-state index contributed by atoms with van der Waals surface area (Å²) in [6, 6.07) is 14.6. The molecule has 2 aromatic rings. The SMILES string of the molecule is C=CCC[C@H](Cc1ccc(F)cc1)C(=O)OC[C@H](C)NC(=O)[C@@H](CC=C)CC(=O)N[C@H](CO)Cc1ccccc1. The van der Waals surface area contributed by atoms with Crippen LogP contribution in [0.1, 0.15) is 43.7 Å². The zero-order chi connectivity index (χ0) is 29.3. The van der Waals surface area contributed by atoms with E-state index in [0.29, 0.717) is 25.7 Å². The highest BCUT2D eigenvalue weighted by Gasteiger charge is 2.25. The van der Waals surface area contributed by atoms with E-state index < -0.39 is 29.9 Å².